The van der Waals surface area contributed by atoms with Crippen molar-refractivity contribution in [2.45, 2.75) is 19.8 Å². The lowest BCUT2D eigenvalue weighted by Gasteiger charge is -2.31. The maximum Gasteiger partial charge on any atom is 0.310 e. The van der Waals surface area contributed by atoms with Gasteiger partial charge in [-0.15, -0.1) is 5.10 Å². The molecule has 3 rings (SSSR count). The lowest BCUT2D eigenvalue weighted by atomic mass is 9.97. The third-order valence-corrected chi connectivity index (χ3v) is 4.06. The van der Waals surface area contributed by atoms with Crippen LogP contribution in [0.1, 0.15) is 30.1 Å². The van der Waals surface area contributed by atoms with Gasteiger partial charge in [0.2, 0.25) is 0 Å². The smallest absolute Gasteiger partial charge is 0.310 e. The third-order valence-electron chi connectivity index (χ3n) is 4.06. The summed E-state index contributed by atoms with van der Waals surface area (Å²) in [6.07, 6.45) is 3.06. The van der Waals surface area contributed by atoms with Crippen LogP contribution in [-0.2, 0) is 9.53 Å². The molecular weight excluding hydrogens is 310 g/mol. The normalized spacial score (nSPS) is 17.5. The van der Waals surface area contributed by atoms with Crippen LogP contribution >= 0.6 is 0 Å². The first kappa shape index (κ1) is 16.1. The average Bonchev–Trinajstić information content (AvgIpc) is 3.16. The molecule has 2 aromatic rings. The molecule has 1 aliphatic heterocycles. The molecule has 0 radical (unpaired) electrons. The van der Waals surface area contributed by atoms with Gasteiger partial charge >= 0.3 is 5.97 Å². The van der Waals surface area contributed by atoms with Gasteiger partial charge in [0.1, 0.15) is 6.33 Å². The van der Waals surface area contributed by atoms with Gasteiger partial charge in [0.25, 0.3) is 5.91 Å². The predicted molar refractivity (Wildman–Crippen MR) is 84.4 cm³/mol. The largest absolute Gasteiger partial charge is 0.466 e. The van der Waals surface area contributed by atoms with E-state index >= 15 is 0 Å². The van der Waals surface area contributed by atoms with Gasteiger partial charge in [0.15, 0.2) is 0 Å². The van der Waals surface area contributed by atoms with E-state index in [1.165, 1.54) is 11.0 Å². The quantitative estimate of drug-likeness (QED) is 0.780. The van der Waals surface area contributed by atoms with E-state index < -0.39 is 0 Å². The van der Waals surface area contributed by atoms with Crippen LogP contribution in [0.3, 0.4) is 0 Å². The summed E-state index contributed by atoms with van der Waals surface area (Å²) in [6.45, 7) is 3.22. The van der Waals surface area contributed by atoms with E-state index in [4.69, 9.17) is 4.74 Å². The zero-order chi connectivity index (χ0) is 16.9. The topological polar surface area (TPSA) is 90.2 Å². The van der Waals surface area contributed by atoms with Gasteiger partial charge in [-0.25, -0.2) is 4.68 Å². The Morgan fingerprint density at radius 2 is 2.08 bits per heavy atom. The highest BCUT2D eigenvalue weighted by Crippen LogP contribution is 2.20. The molecule has 1 aliphatic rings. The molecule has 126 valence electrons. The number of hydrogen-bond donors (Lipinski definition) is 0. The molecule has 1 saturated heterocycles. The Morgan fingerprint density at radius 3 is 2.75 bits per heavy atom. The summed E-state index contributed by atoms with van der Waals surface area (Å²) in [7, 11) is 0. The van der Waals surface area contributed by atoms with Gasteiger partial charge in [-0.3, -0.25) is 9.59 Å². The number of esters is 1. The Bertz CT molecular complexity index is 699. The number of ether oxygens (including phenoxy) is 1. The van der Waals surface area contributed by atoms with Crippen LogP contribution in [0.25, 0.3) is 5.69 Å². The number of tetrazole rings is 1. The van der Waals surface area contributed by atoms with Gasteiger partial charge in [-0.05, 0) is 54.5 Å². The Morgan fingerprint density at radius 1 is 1.29 bits per heavy atom. The SMILES string of the molecule is CCOC(=O)[C@@H]1CCCN(C(=O)c2ccc(-n3cnnn3)cc2)C1. The number of rotatable bonds is 4. The molecule has 1 aromatic carbocycles. The lowest BCUT2D eigenvalue weighted by Crippen LogP contribution is -2.42. The molecule has 0 N–H and O–H groups in total. The monoisotopic (exact) mass is 329 g/mol. The van der Waals surface area contributed by atoms with E-state index in [9.17, 15) is 9.59 Å². The number of hydrogen-bond acceptors (Lipinski definition) is 6. The second-order valence-electron chi connectivity index (χ2n) is 5.64. The van der Waals surface area contributed by atoms with Gasteiger partial charge in [0.05, 0.1) is 18.2 Å². The van der Waals surface area contributed by atoms with Crippen molar-refractivity contribution < 1.29 is 14.3 Å². The number of amides is 1. The molecule has 24 heavy (non-hydrogen) atoms. The van der Waals surface area contributed by atoms with Crippen LogP contribution in [-0.4, -0.2) is 56.7 Å². The fourth-order valence-corrected chi connectivity index (χ4v) is 2.83. The molecule has 1 atom stereocenters. The third kappa shape index (κ3) is 3.42. The first-order valence-electron chi connectivity index (χ1n) is 7.98. The summed E-state index contributed by atoms with van der Waals surface area (Å²) >= 11 is 0. The zero-order valence-electron chi connectivity index (χ0n) is 13.5. The molecular formula is C16H19N5O3. The fraction of sp³-hybridized carbons (Fsp3) is 0.438. The maximum absolute atomic E-state index is 12.7. The molecule has 1 fully saturated rings. The minimum absolute atomic E-state index is 0.0766. The van der Waals surface area contributed by atoms with Gasteiger partial charge in [-0.2, -0.15) is 0 Å². The number of carbonyl (C=O) groups is 2. The Kier molecular flexibility index (Phi) is 4.83. The minimum atomic E-state index is -0.233. The van der Waals surface area contributed by atoms with E-state index in [1.807, 2.05) is 0 Å². The van der Waals surface area contributed by atoms with Crippen molar-refractivity contribution in [2.24, 2.45) is 5.92 Å². The van der Waals surface area contributed by atoms with Crippen LogP contribution in [0, 0.1) is 5.92 Å². The lowest BCUT2D eigenvalue weighted by molar-refractivity contribution is -0.149. The fourth-order valence-electron chi connectivity index (χ4n) is 2.83. The van der Waals surface area contributed by atoms with E-state index in [2.05, 4.69) is 15.5 Å². The van der Waals surface area contributed by atoms with Crippen molar-refractivity contribution in [1.29, 1.82) is 0 Å². The molecule has 1 aromatic heterocycles. The minimum Gasteiger partial charge on any atom is -0.466 e. The summed E-state index contributed by atoms with van der Waals surface area (Å²) in [5.41, 5.74) is 1.36. The Hall–Kier alpha value is -2.77. The summed E-state index contributed by atoms with van der Waals surface area (Å²) in [4.78, 5) is 26.3. The highest BCUT2D eigenvalue weighted by molar-refractivity contribution is 5.94. The second kappa shape index (κ2) is 7.20. The first-order valence-corrected chi connectivity index (χ1v) is 7.98. The van der Waals surface area contributed by atoms with Crippen molar-refractivity contribution in [2.75, 3.05) is 19.7 Å². The van der Waals surface area contributed by atoms with Crippen LogP contribution in [0.5, 0.6) is 0 Å². The summed E-state index contributed by atoms with van der Waals surface area (Å²) in [5.74, 6) is -0.528. The Labute approximate surface area is 139 Å². The van der Waals surface area contributed by atoms with E-state index in [1.54, 1.807) is 36.1 Å². The Balaban J connectivity index is 1.68. The van der Waals surface area contributed by atoms with Crippen molar-refractivity contribution in [3.05, 3.63) is 36.2 Å². The average molecular weight is 329 g/mol. The van der Waals surface area contributed by atoms with Crippen LogP contribution in [0.4, 0.5) is 0 Å². The first-order chi connectivity index (χ1) is 11.7. The summed E-state index contributed by atoms with van der Waals surface area (Å²) < 4.78 is 6.59. The van der Waals surface area contributed by atoms with Crippen molar-refractivity contribution in [3.8, 4) is 5.69 Å². The molecule has 0 bridgehead atoms. The molecule has 0 aliphatic carbocycles. The molecule has 8 heteroatoms. The molecule has 8 nitrogen and oxygen atoms in total. The predicted octanol–water partition coefficient (Wildman–Crippen LogP) is 1.08. The molecule has 1 amide bonds. The standard InChI is InChI=1S/C16H19N5O3/c1-2-24-16(23)13-4-3-9-20(10-13)15(22)12-5-7-14(8-6-12)21-11-17-18-19-21/h5-8,11,13H,2-4,9-10H2,1H3/t13-/m1/s1. The number of carbonyl (C=O) groups excluding carboxylic acids is 2. The number of piperidine rings is 1. The van der Waals surface area contributed by atoms with Crippen LogP contribution in [0.15, 0.2) is 30.6 Å². The second-order valence-corrected chi connectivity index (χ2v) is 5.64. The highest BCUT2D eigenvalue weighted by Gasteiger charge is 2.29. The zero-order valence-corrected chi connectivity index (χ0v) is 13.5. The van der Waals surface area contributed by atoms with Crippen molar-refractivity contribution in [1.82, 2.24) is 25.1 Å². The van der Waals surface area contributed by atoms with Crippen molar-refractivity contribution in [3.63, 3.8) is 0 Å². The van der Waals surface area contributed by atoms with Gasteiger partial charge in [-0.1, -0.05) is 0 Å². The molecule has 0 unspecified atom stereocenters. The van der Waals surface area contributed by atoms with E-state index in [0.29, 0.717) is 25.3 Å². The molecule has 2 heterocycles. The number of benzene rings is 1. The van der Waals surface area contributed by atoms with E-state index in [-0.39, 0.29) is 17.8 Å². The maximum atomic E-state index is 12.7. The van der Waals surface area contributed by atoms with Crippen molar-refractivity contribution >= 4 is 11.9 Å². The number of likely N-dealkylation sites (tertiary alicyclic amines) is 1. The summed E-state index contributed by atoms with van der Waals surface area (Å²) in [6, 6.07) is 7.06. The van der Waals surface area contributed by atoms with Crippen LogP contribution in [0.2, 0.25) is 0 Å². The van der Waals surface area contributed by atoms with E-state index in [0.717, 1.165) is 18.5 Å². The van der Waals surface area contributed by atoms with Gasteiger partial charge in [0, 0.05) is 18.7 Å². The summed E-state index contributed by atoms with van der Waals surface area (Å²) in [5, 5.41) is 11.0. The molecule has 0 spiro atoms. The molecule has 0 saturated carbocycles. The number of aromatic nitrogens is 4. The highest BCUT2D eigenvalue weighted by atomic mass is 16.5. The van der Waals surface area contributed by atoms with Gasteiger partial charge < -0.3 is 9.64 Å². The van der Waals surface area contributed by atoms with Crippen LogP contribution < -0.4 is 0 Å². The number of nitrogens with zero attached hydrogens (tertiary/aromatic N) is 5.